The summed E-state index contributed by atoms with van der Waals surface area (Å²) in [4.78, 5) is 13.0. The van der Waals surface area contributed by atoms with Crippen LogP contribution >= 0.6 is 23.1 Å². The summed E-state index contributed by atoms with van der Waals surface area (Å²) in [5.41, 5.74) is 0.420. The van der Waals surface area contributed by atoms with Gasteiger partial charge in [-0.15, -0.1) is 23.1 Å². The van der Waals surface area contributed by atoms with Crippen molar-refractivity contribution >= 4 is 44.7 Å². The number of nitrogens with two attached hydrogens (primary N) is 1. The summed E-state index contributed by atoms with van der Waals surface area (Å²) in [5, 5.41) is 9.70. The Morgan fingerprint density at radius 2 is 2.10 bits per heavy atom. The zero-order valence-electron chi connectivity index (χ0n) is 11.0. The Hall–Kier alpha value is -1.35. The topological polar surface area (TPSA) is 89.3 Å². The number of thioether (sulfide) groups is 1. The number of thiophene rings is 1. The van der Waals surface area contributed by atoms with Crippen molar-refractivity contribution in [1.29, 1.82) is 0 Å². The van der Waals surface area contributed by atoms with E-state index in [-0.39, 0.29) is 10.8 Å². The molecule has 112 valence electrons. The molecule has 0 saturated carbocycles. The van der Waals surface area contributed by atoms with Crippen LogP contribution in [0.4, 0.5) is 5.69 Å². The second kappa shape index (κ2) is 7.08. The smallest absolute Gasteiger partial charge is 0.238 e. The van der Waals surface area contributed by atoms with Gasteiger partial charge in [0.1, 0.15) is 0 Å². The molecule has 0 spiro atoms. The molecule has 0 aliphatic rings. The Labute approximate surface area is 131 Å². The molecular weight excluding hydrogens is 328 g/mol. The first-order valence-electron chi connectivity index (χ1n) is 5.98. The lowest BCUT2D eigenvalue weighted by atomic mass is 10.3. The lowest BCUT2D eigenvalue weighted by molar-refractivity contribution is -0.113. The number of rotatable bonds is 6. The van der Waals surface area contributed by atoms with Gasteiger partial charge < -0.3 is 5.32 Å². The predicted molar refractivity (Wildman–Crippen MR) is 86.9 cm³/mol. The van der Waals surface area contributed by atoms with E-state index in [1.165, 1.54) is 34.8 Å². The Bertz CT molecular complexity index is 712. The molecule has 1 amide bonds. The monoisotopic (exact) mass is 342 g/mol. The zero-order valence-corrected chi connectivity index (χ0v) is 13.4. The number of hydrogen-bond acceptors (Lipinski definition) is 5. The van der Waals surface area contributed by atoms with Gasteiger partial charge in [-0.3, -0.25) is 4.79 Å². The molecule has 0 unspecified atom stereocenters. The van der Waals surface area contributed by atoms with Gasteiger partial charge in [-0.25, -0.2) is 13.6 Å². The Balaban J connectivity index is 1.88. The van der Waals surface area contributed by atoms with E-state index >= 15 is 0 Å². The molecule has 2 rings (SSSR count). The van der Waals surface area contributed by atoms with Gasteiger partial charge in [-0.2, -0.15) is 0 Å². The fourth-order valence-electron chi connectivity index (χ4n) is 1.59. The number of carbonyl (C=O) groups excluding carboxylic acids is 1. The molecule has 3 N–H and O–H groups in total. The van der Waals surface area contributed by atoms with Crippen LogP contribution in [0.3, 0.4) is 0 Å². The molecule has 2 aromatic rings. The van der Waals surface area contributed by atoms with E-state index < -0.39 is 10.0 Å². The lowest BCUT2D eigenvalue weighted by Gasteiger charge is -2.06. The highest BCUT2D eigenvalue weighted by Gasteiger charge is 2.09. The van der Waals surface area contributed by atoms with E-state index in [4.69, 9.17) is 5.14 Å². The van der Waals surface area contributed by atoms with Crippen molar-refractivity contribution in [3.63, 3.8) is 0 Å². The predicted octanol–water partition coefficient (Wildman–Crippen LogP) is 2.27. The third kappa shape index (κ3) is 5.16. The van der Waals surface area contributed by atoms with Crippen LogP contribution in [0.1, 0.15) is 4.88 Å². The lowest BCUT2D eigenvalue weighted by Crippen LogP contribution is -2.16. The van der Waals surface area contributed by atoms with Crippen LogP contribution in [0, 0.1) is 0 Å². The summed E-state index contributed by atoms with van der Waals surface area (Å²) in [7, 11) is -3.76. The minimum atomic E-state index is -3.76. The number of sulfonamides is 1. The van der Waals surface area contributed by atoms with E-state index in [9.17, 15) is 13.2 Å². The highest BCUT2D eigenvalue weighted by atomic mass is 32.2. The number of hydrogen-bond donors (Lipinski definition) is 2. The first kappa shape index (κ1) is 16.0. The minimum Gasteiger partial charge on any atom is -0.325 e. The number of primary sulfonamides is 1. The van der Waals surface area contributed by atoms with Crippen LogP contribution in [0.2, 0.25) is 0 Å². The second-order valence-electron chi connectivity index (χ2n) is 4.19. The van der Waals surface area contributed by atoms with Gasteiger partial charge in [-0.05, 0) is 29.6 Å². The molecule has 1 aromatic heterocycles. The third-order valence-electron chi connectivity index (χ3n) is 2.50. The molecule has 0 aliphatic carbocycles. The van der Waals surface area contributed by atoms with Gasteiger partial charge in [0.25, 0.3) is 0 Å². The number of amides is 1. The maximum atomic E-state index is 11.8. The molecule has 5 nitrogen and oxygen atoms in total. The summed E-state index contributed by atoms with van der Waals surface area (Å²) in [6, 6.07) is 9.88. The van der Waals surface area contributed by atoms with E-state index in [2.05, 4.69) is 5.32 Å². The van der Waals surface area contributed by atoms with Crippen molar-refractivity contribution in [2.45, 2.75) is 10.6 Å². The minimum absolute atomic E-state index is 0.0217. The molecule has 1 aromatic carbocycles. The highest BCUT2D eigenvalue weighted by molar-refractivity contribution is 7.99. The fourth-order valence-corrected chi connectivity index (χ4v) is 3.81. The van der Waals surface area contributed by atoms with Gasteiger partial charge in [-0.1, -0.05) is 12.1 Å². The highest BCUT2D eigenvalue weighted by Crippen LogP contribution is 2.18. The molecule has 1 heterocycles. The molecule has 0 atom stereocenters. The van der Waals surface area contributed by atoms with Gasteiger partial charge in [0.05, 0.1) is 10.6 Å². The van der Waals surface area contributed by atoms with Crippen molar-refractivity contribution in [3.05, 3.63) is 46.7 Å². The molecule has 0 bridgehead atoms. The summed E-state index contributed by atoms with van der Waals surface area (Å²) < 4.78 is 22.5. The number of benzene rings is 1. The van der Waals surface area contributed by atoms with Crippen LogP contribution in [0.25, 0.3) is 0 Å². The van der Waals surface area contributed by atoms with E-state index in [1.54, 1.807) is 17.4 Å². The van der Waals surface area contributed by atoms with Crippen molar-refractivity contribution in [1.82, 2.24) is 0 Å². The Kier molecular flexibility index (Phi) is 5.40. The average molecular weight is 342 g/mol. The van der Waals surface area contributed by atoms with E-state index in [0.29, 0.717) is 11.4 Å². The molecule has 0 saturated heterocycles. The first-order valence-corrected chi connectivity index (χ1v) is 9.56. The quantitative estimate of drug-likeness (QED) is 0.843. The van der Waals surface area contributed by atoms with Crippen molar-refractivity contribution in [2.75, 3.05) is 11.1 Å². The van der Waals surface area contributed by atoms with Crippen LogP contribution in [-0.2, 0) is 20.6 Å². The molecule has 8 heteroatoms. The number of nitrogens with one attached hydrogen (secondary N) is 1. The van der Waals surface area contributed by atoms with Crippen molar-refractivity contribution in [3.8, 4) is 0 Å². The average Bonchev–Trinajstić information content (AvgIpc) is 2.91. The normalized spacial score (nSPS) is 11.3. The fraction of sp³-hybridized carbons (Fsp3) is 0.154. The maximum Gasteiger partial charge on any atom is 0.238 e. The molecule has 0 fully saturated rings. The van der Waals surface area contributed by atoms with Crippen molar-refractivity contribution in [2.24, 2.45) is 5.14 Å². The summed E-state index contributed by atoms with van der Waals surface area (Å²) in [6.45, 7) is 0. The van der Waals surface area contributed by atoms with Crippen LogP contribution in [0.15, 0.2) is 46.7 Å². The summed E-state index contributed by atoms with van der Waals surface area (Å²) >= 11 is 3.15. The zero-order chi connectivity index (χ0) is 15.3. The van der Waals surface area contributed by atoms with Gasteiger partial charge in [0.2, 0.25) is 15.9 Å². The second-order valence-corrected chi connectivity index (χ2v) is 7.77. The molecular formula is C13H14N2O3S3. The Morgan fingerprint density at radius 1 is 1.29 bits per heavy atom. The van der Waals surface area contributed by atoms with E-state index in [0.717, 1.165) is 5.75 Å². The van der Waals surface area contributed by atoms with Gasteiger partial charge >= 0.3 is 0 Å². The number of carbonyl (C=O) groups is 1. The van der Waals surface area contributed by atoms with Gasteiger partial charge in [0.15, 0.2) is 0 Å². The molecule has 0 radical (unpaired) electrons. The van der Waals surface area contributed by atoms with Crippen molar-refractivity contribution < 1.29 is 13.2 Å². The maximum absolute atomic E-state index is 11.8. The van der Waals surface area contributed by atoms with Crippen LogP contribution < -0.4 is 10.5 Å². The first-order chi connectivity index (χ1) is 9.95. The third-order valence-corrected chi connectivity index (χ3v) is 5.46. The largest absolute Gasteiger partial charge is 0.325 e. The van der Waals surface area contributed by atoms with E-state index in [1.807, 2.05) is 17.5 Å². The van der Waals surface area contributed by atoms with Crippen LogP contribution in [0.5, 0.6) is 0 Å². The standard InChI is InChI=1S/C13H14N2O3S3/c14-21(17,18)12-5-1-3-10(7-12)15-13(16)9-19-8-11-4-2-6-20-11/h1-7H,8-9H2,(H,15,16)(H2,14,17,18). The summed E-state index contributed by atoms with van der Waals surface area (Å²) in [5.74, 6) is 0.905. The summed E-state index contributed by atoms with van der Waals surface area (Å²) in [6.07, 6.45) is 0. The molecule has 0 aliphatic heterocycles. The van der Waals surface area contributed by atoms with Crippen LogP contribution in [-0.4, -0.2) is 20.1 Å². The Morgan fingerprint density at radius 3 is 2.76 bits per heavy atom. The SMILES string of the molecule is NS(=O)(=O)c1cccc(NC(=O)CSCc2cccs2)c1. The van der Waals surface area contributed by atoms with Gasteiger partial charge in [0, 0.05) is 16.3 Å². The number of anilines is 1. The molecule has 21 heavy (non-hydrogen) atoms.